The molecule has 0 heterocycles. The van der Waals surface area contributed by atoms with Gasteiger partial charge in [0.05, 0.1) is 0 Å². The monoisotopic (exact) mass is 254 g/mol. The van der Waals surface area contributed by atoms with Crippen molar-refractivity contribution in [3.63, 3.8) is 0 Å². The summed E-state index contributed by atoms with van der Waals surface area (Å²) < 4.78 is 0. The van der Waals surface area contributed by atoms with Gasteiger partial charge in [0, 0.05) is 19.0 Å². The third-order valence-electron chi connectivity index (χ3n) is 3.40. The average Bonchev–Trinajstić information content (AvgIpc) is 2.99. The van der Waals surface area contributed by atoms with Crippen molar-refractivity contribution in [2.24, 2.45) is 17.1 Å². The van der Waals surface area contributed by atoms with Crippen LogP contribution in [0.2, 0.25) is 0 Å². The fourth-order valence-electron chi connectivity index (χ4n) is 2.69. The summed E-state index contributed by atoms with van der Waals surface area (Å²) in [6.45, 7) is 10.4. The summed E-state index contributed by atoms with van der Waals surface area (Å²) in [5.74, 6) is 0.805. The first kappa shape index (κ1) is 15.5. The van der Waals surface area contributed by atoms with Crippen LogP contribution >= 0.6 is 0 Å². The van der Waals surface area contributed by atoms with Crippen LogP contribution in [0.3, 0.4) is 0 Å². The molecule has 1 aliphatic carbocycles. The molecule has 1 amide bonds. The fourth-order valence-corrected chi connectivity index (χ4v) is 2.69. The molecule has 1 fully saturated rings. The van der Waals surface area contributed by atoms with Crippen LogP contribution in [0.4, 0.5) is 0 Å². The van der Waals surface area contributed by atoms with Crippen molar-refractivity contribution in [2.45, 2.75) is 65.8 Å². The fraction of sp³-hybridized carbons (Fsp3) is 0.933. The topological polar surface area (TPSA) is 46.3 Å². The summed E-state index contributed by atoms with van der Waals surface area (Å²) in [6.07, 6.45) is 5.09. The number of rotatable bonds is 7. The van der Waals surface area contributed by atoms with Gasteiger partial charge in [-0.05, 0) is 43.6 Å². The van der Waals surface area contributed by atoms with Gasteiger partial charge in [0.15, 0.2) is 0 Å². The molecule has 106 valence electrons. The Balaban J connectivity index is 2.40. The number of hydrogen-bond donors (Lipinski definition) is 1. The van der Waals surface area contributed by atoms with E-state index < -0.39 is 0 Å². The summed E-state index contributed by atoms with van der Waals surface area (Å²) in [5.41, 5.74) is 5.85. The van der Waals surface area contributed by atoms with Crippen molar-refractivity contribution < 1.29 is 4.79 Å². The molecular weight excluding hydrogens is 224 g/mol. The molecule has 3 heteroatoms. The molecule has 0 radical (unpaired) electrons. The zero-order valence-corrected chi connectivity index (χ0v) is 12.5. The Bertz CT molecular complexity index is 266. The van der Waals surface area contributed by atoms with Gasteiger partial charge in [-0.2, -0.15) is 0 Å². The lowest BCUT2D eigenvalue weighted by Gasteiger charge is -2.27. The van der Waals surface area contributed by atoms with E-state index in [1.54, 1.807) is 0 Å². The quantitative estimate of drug-likeness (QED) is 0.759. The lowest BCUT2D eigenvalue weighted by molar-refractivity contribution is -0.132. The standard InChI is InChI=1S/C15H30N2O/c1-12(11-15(2,3)4)10-14(18)17(9-5-8-16)13-6-7-13/h12-13H,5-11,16H2,1-4H3. The van der Waals surface area contributed by atoms with E-state index in [-0.39, 0.29) is 0 Å². The van der Waals surface area contributed by atoms with Crippen molar-refractivity contribution in [3.05, 3.63) is 0 Å². The van der Waals surface area contributed by atoms with Gasteiger partial charge in [0.25, 0.3) is 0 Å². The molecule has 0 aliphatic heterocycles. The molecular formula is C15H30N2O. The largest absolute Gasteiger partial charge is 0.340 e. The minimum absolute atomic E-state index is 0.307. The molecule has 2 N–H and O–H groups in total. The van der Waals surface area contributed by atoms with E-state index in [0.29, 0.717) is 36.2 Å². The summed E-state index contributed by atoms with van der Waals surface area (Å²) in [6, 6.07) is 0.519. The van der Waals surface area contributed by atoms with Crippen molar-refractivity contribution in [1.82, 2.24) is 4.90 Å². The van der Waals surface area contributed by atoms with Crippen LogP contribution in [0.5, 0.6) is 0 Å². The van der Waals surface area contributed by atoms with Gasteiger partial charge in [-0.1, -0.05) is 27.7 Å². The normalized spacial score (nSPS) is 17.6. The number of nitrogens with two attached hydrogens (primary N) is 1. The summed E-state index contributed by atoms with van der Waals surface area (Å²) in [5, 5.41) is 0. The summed E-state index contributed by atoms with van der Waals surface area (Å²) in [7, 11) is 0. The molecule has 0 bridgehead atoms. The molecule has 1 unspecified atom stereocenters. The molecule has 18 heavy (non-hydrogen) atoms. The number of carbonyl (C=O) groups excluding carboxylic acids is 1. The first-order chi connectivity index (χ1) is 8.33. The summed E-state index contributed by atoms with van der Waals surface area (Å²) >= 11 is 0. The predicted octanol–water partition coefficient (Wildman–Crippen LogP) is 2.79. The van der Waals surface area contributed by atoms with Crippen LogP contribution in [-0.2, 0) is 4.79 Å². The first-order valence-corrected chi connectivity index (χ1v) is 7.33. The van der Waals surface area contributed by atoms with E-state index in [2.05, 4.69) is 32.6 Å². The Morgan fingerprint density at radius 1 is 1.39 bits per heavy atom. The van der Waals surface area contributed by atoms with Gasteiger partial charge in [0.1, 0.15) is 0 Å². The second kappa shape index (κ2) is 6.55. The Kier molecular flexibility index (Phi) is 5.64. The van der Waals surface area contributed by atoms with Gasteiger partial charge in [0.2, 0.25) is 5.91 Å². The van der Waals surface area contributed by atoms with Gasteiger partial charge >= 0.3 is 0 Å². The lowest BCUT2D eigenvalue weighted by atomic mass is 9.84. The maximum Gasteiger partial charge on any atom is 0.223 e. The van der Waals surface area contributed by atoms with Crippen molar-refractivity contribution in [1.29, 1.82) is 0 Å². The molecule has 1 saturated carbocycles. The number of nitrogens with zero attached hydrogens (tertiary/aromatic N) is 1. The second-order valence-corrected chi connectivity index (χ2v) is 7.03. The van der Waals surface area contributed by atoms with Gasteiger partial charge in [-0.25, -0.2) is 0 Å². The minimum atomic E-state index is 0.307. The van der Waals surface area contributed by atoms with E-state index in [9.17, 15) is 4.79 Å². The van der Waals surface area contributed by atoms with Gasteiger partial charge < -0.3 is 10.6 Å². The Hall–Kier alpha value is -0.570. The highest BCUT2D eigenvalue weighted by molar-refractivity contribution is 5.77. The number of amides is 1. The highest BCUT2D eigenvalue weighted by Crippen LogP contribution is 2.30. The average molecular weight is 254 g/mol. The highest BCUT2D eigenvalue weighted by atomic mass is 16.2. The lowest BCUT2D eigenvalue weighted by Crippen LogP contribution is -2.36. The smallest absolute Gasteiger partial charge is 0.223 e. The summed E-state index contributed by atoms with van der Waals surface area (Å²) in [4.78, 5) is 14.4. The van der Waals surface area contributed by atoms with E-state index >= 15 is 0 Å². The van der Waals surface area contributed by atoms with Crippen LogP contribution in [0, 0.1) is 11.3 Å². The molecule has 0 aromatic heterocycles. The van der Waals surface area contributed by atoms with E-state index in [1.807, 2.05) is 0 Å². The second-order valence-electron chi connectivity index (χ2n) is 7.03. The molecule has 0 saturated heterocycles. The predicted molar refractivity (Wildman–Crippen MR) is 76.3 cm³/mol. The zero-order valence-electron chi connectivity index (χ0n) is 12.5. The third kappa shape index (κ3) is 5.85. The highest BCUT2D eigenvalue weighted by Gasteiger charge is 2.32. The van der Waals surface area contributed by atoms with E-state index in [1.165, 1.54) is 12.8 Å². The van der Waals surface area contributed by atoms with Crippen LogP contribution in [0.1, 0.15) is 59.8 Å². The molecule has 0 spiro atoms. The zero-order chi connectivity index (χ0) is 13.8. The molecule has 1 aliphatic rings. The van der Waals surface area contributed by atoms with Crippen molar-refractivity contribution in [2.75, 3.05) is 13.1 Å². The number of carbonyl (C=O) groups is 1. The molecule has 3 nitrogen and oxygen atoms in total. The third-order valence-corrected chi connectivity index (χ3v) is 3.40. The van der Waals surface area contributed by atoms with Crippen molar-refractivity contribution >= 4 is 5.91 Å². The molecule has 0 aromatic rings. The molecule has 0 aromatic carbocycles. The Labute approximate surface area is 112 Å². The molecule has 1 rings (SSSR count). The van der Waals surface area contributed by atoms with Crippen LogP contribution in [0.25, 0.3) is 0 Å². The van der Waals surface area contributed by atoms with Gasteiger partial charge in [-0.15, -0.1) is 0 Å². The van der Waals surface area contributed by atoms with Gasteiger partial charge in [-0.3, -0.25) is 4.79 Å². The van der Waals surface area contributed by atoms with Crippen LogP contribution < -0.4 is 5.73 Å². The van der Waals surface area contributed by atoms with E-state index in [4.69, 9.17) is 5.73 Å². The van der Waals surface area contributed by atoms with Crippen LogP contribution in [-0.4, -0.2) is 29.9 Å². The van der Waals surface area contributed by atoms with E-state index in [0.717, 1.165) is 19.4 Å². The van der Waals surface area contributed by atoms with Crippen molar-refractivity contribution in [3.8, 4) is 0 Å². The minimum Gasteiger partial charge on any atom is -0.340 e. The number of hydrogen-bond acceptors (Lipinski definition) is 2. The molecule has 1 atom stereocenters. The SMILES string of the molecule is CC(CC(=O)N(CCCN)C1CC1)CC(C)(C)C. The maximum absolute atomic E-state index is 12.3. The Morgan fingerprint density at radius 3 is 2.44 bits per heavy atom. The first-order valence-electron chi connectivity index (χ1n) is 7.33. The maximum atomic E-state index is 12.3. The Morgan fingerprint density at radius 2 is 2.00 bits per heavy atom. The van der Waals surface area contributed by atoms with Crippen LogP contribution in [0.15, 0.2) is 0 Å².